The summed E-state index contributed by atoms with van der Waals surface area (Å²) in [5, 5.41) is 11.9. The van der Waals surface area contributed by atoms with Crippen LogP contribution in [-0.2, 0) is 0 Å². The number of aromatic amines is 1. The number of nitrogens with zero attached hydrogens (tertiary/aromatic N) is 2. The van der Waals surface area contributed by atoms with Crippen LogP contribution in [0, 0.1) is 11.3 Å². The van der Waals surface area contributed by atoms with Crippen LogP contribution in [0.2, 0.25) is 0 Å². The van der Waals surface area contributed by atoms with E-state index in [1.54, 1.807) is 13.2 Å². The van der Waals surface area contributed by atoms with Crippen LogP contribution in [0.1, 0.15) is 5.56 Å². The van der Waals surface area contributed by atoms with Crippen molar-refractivity contribution in [3.63, 3.8) is 0 Å². The Morgan fingerprint density at radius 3 is 2.79 bits per heavy atom. The fourth-order valence-corrected chi connectivity index (χ4v) is 3.67. The summed E-state index contributed by atoms with van der Waals surface area (Å²) in [5.74, 6) is 0.731. The molecular weight excluding hydrogens is 368 g/mol. The number of pyridine rings is 2. The van der Waals surface area contributed by atoms with Crippen molar-refractivity contribution >= 4 is 38.8 Å². The molecule has 29 heavy (non-hydrogen) atoms. The van der Waals surface area contributed by atoms with E-state index in [-0.39, 0.29) is 22.5 Å². The molecule has 0 aliphatic heterocycles. The maximum Gasteiger partial charge on any atom is 0.231 e. The first-order valence-corrected chi connectivity index (χ1v) is 8.83. The number of anilines is 1. The molecule has 0 bridgehead atoms. The second-order valence-electron chi connectivity index (χ2n) is 6.60. The summed E-state index contributed by atoms with van der Waals surface area (Å²) in [4.78, 5) is 19.4. The molecule has 0 spiro atoms. The largest absolute Gasteiger partial charge is 0.496 e. The Balaban J connectivity index is 2.04. The van der Waals surface area contributed by atoms with Gasteiger partial charge in [-0.1, -0.05) is 12.1 Å². The van der Waals surface area contributed by atoms with Crippen LogP contribution < -0.4 is 15.9 Å². The zero-order valence-corrected chi connectivity index (χ0v) is 15.3. The number of hydrogen-bond donors (Lipinski definition) is 2. The monoisotopic (exact) mass is 382 g/mol. The number of rotatable bonds is 2. The van der Waals surface area contributed by atoms with Crippen molar-refractivity contribution in [3.8, 4) is 23.1 Å². The first-order chi connectivity index (χ1) is 14.1. The molecule has 2 aromatic carbocycles. The molecule has 7 nitrogen and oxygen atoms in total. The topological polar surface area (TPSA) is 118 Å². The smallest absolute Gasteiger partial charge is 0.231 e. The van der Waals surface area contributed by atoms with Gasteiger partial charge >= 0.3 is 0 Å². The fraction of sp³-hybridized carbons (Fsp3) is 0.0455. The molecule has 3 N–H and O–H groups in total. The van der Waals surface area contributed by atoms with Crippen molar-refractivity contribution in [2.45, 2.75) is 0 Å². The minimum atomic E-state index is -0.169. The van der Waals surface area contributed by atoms with Crippen molar-refractivity contribution in [1.82, 2.24) is 9.97 Å². The highest BCUT2D eigenvalue weighted by molar-refractivity contribution is 6.18. The van der Waals surface area contributed by atoms with E-state index >= 15 is 0 Å². The summed E-state index contributed by atoms with van der Waals surface area (Å²) >= 11 is 0. The van der Waals surface area contributed by atoms with Gasteiger partial charge in [0.05, 0.1) is 23.7 Å². The lowest BCUT2D eigenvalue weighted by molar-refractivity contribution is 0.416. The van der Waals surface area contributed by atoms with E-state index in [2.05, 4.69) is 16.0 Å². The van der Waals surface area contributed by atoms with E-state index in [1.807, 2.05) is 30.3 Å². The molecule has 0 fully saturated rings. The van der Waals surface area contributed by atoms with Crippen molar-refractivity contribution in [1.29, 1.82) is 5.26 Å². The minimum Gasteiger partial charge on any atom is -0.496 e. The molecule has 3 aromatic heterocycles. The van der Waals surface area contributed by atoms with Crippen molar-refractivity contribution in [2.24, 2.45) is 0 Å². The van der Waals surface area contributed by atoms with Crippen LogP contribution in [0.4, 0.5) is 5.82 Å². The molecular formula is C22H14N4O3. The third-order valence-electron chi connectivity index (χ3n) is 4.97. The lowest BCUT2D eigenvalue weighted by atomic mass is 10.0. The van der Waals surface area contributed by atoms with Gasteiger partial charge in [-0.3, -0.25) is 4.79 Å². The number of para-hydroxylation sites is 1. The van der Waals surface area contributed by atoms with Gasteiger partial charge in [-0.25, -0.2) is 0 Å². The molecule has 3 heterocycles. The second kappa shape index (κ2) is 6.11. The summed E-state index contributed by atoms with van der Waals surface area (Å²) < 4.78 is 11.4. The predicted octanol–water partition coefficient (Wildman–Crippen LogP) is 3.95. The van der Waals surface area contributed by atoms with Gasteiger partial charge in [0.2, 0.25) is 5.71 Å². The third kappa shape index (κ3) is 2.43. The van der Waals surface area contributed by atoms with Gasteiger partial charge in [-0.2, -0.15) is 10.2 Å². The second-order valence-corrected chi connectivity index (χ2v) is 6.60. The standard InChI is InChI=1S/C22H14N4O3/c1-28-17-5-3-2-4-13(17)16-9-14-12-7-6-11(27)8-18(12)29-22-19(14)20(25-16)15(10-23)21(24)26-22/h2-9,25H,1H3,(H2,24,26). The Bertz CT molecular complexity index is 1540. The summed E-state index contributed by atoms with van der Waals surface area (Å²) in [6.07, 6.45) is 0. The molecule has 140 valence electrons. The number of benzene rings is 2. The first kappa shape index (κ1) is 16.8. The van der Waals surface area contributed by atoms with E-state index in [0.717, 1.165) is 22.0 Å². The number of fused-ring (bicyclic) bond motifs is 2. The molecule has 0 saturated heterocycles. The molecule has 0 aliphatic carbocycles. The number of nitrogens with one attached hydrogen (secondary N) is 1. The number of nitrogens with two attached hydrogens (primary N) is 1. The van der Waals surface area contributed by atoms with Crippen LogP contribution in [0.15, 0.2) is 57.7 Å². The van der Waals surface area contributed by atoms with Crippen LogP contribution >= 0.6 is 0 Å². The van der Waals surface area contributed by atoms with Gasteiger partial charge in [0.1, 0.15) is 28.8 Å². The van der Waals surface area contributed by atoms with Crippen LogP contribution in [0.25, 0.3) is 44.2 Å². The van der Waals surface area contributed by atoms with Gasteiger partial charge in [0.15, 0.2) is 5.43 Å². The van der Waals surface area contributed by atoms with Crippen molar-refractivity contribution < 1.29 is 9.15 Å². The zero-order valence-electron chi connectivity index (χ0n) is 15.3. The number of H-pyrrole nitrogens is 1. The normalized spacial score (nSPS) is 11.2. The summed E-state index contributed by atoms with van der Waals surface area (Å²) in [6, 6.07) is 16.2. The highest BCUT2D eigenvalue weighted by Gasteiger charge is 2.19. The Hall–Kier alpha value is -4.31. The van der Waals surface area contributed by atoms with E-state index < -0.39 is 0 Å². The minimum absolute atomic E-state index is 0.0519. The highest BCUT2D eigenvalue weighted by atomic mass is 16.5. The number of nitrogen functional groups attached to an aromatic ring is 1. The number of methoxy groups -OCH3 is 1. The molecule has 5 rings (SSSR count). The van der Waals surface area contributed by atoms with Gasteiger partial charge in [0, 0.05) is 22.4 Å². The van der Waals surface area contributed by atoms with Gasteiger partial charge in [-0.05, 0) is 30.3 Å². The summed E-state index contributed by atoms with van der Waals surface area (Å²) in [6.45, 7) is 0. The summed E-state index contributed by atoms with van der Waals surface area (Å²) in [7, 11) is 1.60. The maximum atomic E-state index is 11.8. The molecule has 0 amide bonds. The fourth-order valence-electron chi connectivity index (χ4n) is 3.67. The Morgan fingerprint density at radius 2 is 2.00 bits per heavy atom. The first-order valence-electron chi connectivity index (χ1n) is 8.83. The molecule has 0 aliphatic rings. The van der Waals surface area contributed by atoms with Crippen molar-refractivity contribution in [2.75, 3.05) is 12.8 Å². The van der Waals surface area contributed by atoms with Gasteiger partial charge in [0.25, 0.3) is 0 Å². The molecule has 0 unspecified atom stereocenters. The van der Waals surface area contributed by atoms with E-state index in [9.17, 15) is 10.1 Å². The van der Waals surface area contributed by atoms with Crippen LogP contribution in [0.3, 0.4) is 0 Å². The lowest BCUT2D eigenvalue weighted by Gasteiger charge is -2.14. The van der Waals surface area contributed by atoms with Crippen molar-refractivity contribution in [3.05, 3.63) is 64.3 Å². The average molecular weight is 382 g/mol. The Labute approximate surface area is 164 Å². The number of hydrogen-bond acceptors (Lipinski definition) is 6. The SMILES string of the molecule is COc1ccccc1-c1cc2c3ccc(=O)cc3oc3nc(N)c(C#N)c([nH]1)c32. The van der Waals surface area contributed by atoms with Crippen LogP contribution in [0.5, 0.6) is 5.75 Å². The molecule has 0 saturated carbocycles. The van der Waals surface area contributed by atoms with Crippen LogP contribution in [-0.4, -0.2) is 17.1 Å². The maximum absolute atomic E-state index is 11.8. The van der Waals surface area contributed by atoms with E-state index in [1.165, 1.54) is 12.1 Å². The molecule has 5 aromatic rings. The quantitative estimate of drug-likeness (QED) is 0.352. The zero-order chi connectivity index (χ0) is 20.1. The predicted molar refractivity (Wildman–Crippen MR) is 111 cm³/mol. The summed E-state index contributed by atoms with van der Waals surface area (Å²) in [5.41, 5.74) is 8.82. The van der Waals surface area contributed by atoms with E-state index in [4.69, 9.17) is 14.9 Å². The van der Waals surface area contributed by atoms with Gasteiger partial charge in [-0.15, -0.1) is 0 Å². The molecule has 0 radical (unpaired) electrons. The number of nitriles is 1. The van der Waals surface area contributed by atoms with Gasteiger partial charge < -0.3 is 19.9 Å². The molecule has 7 heteroatoms. The average Bonchev–Trinajstić information content (AvgIpc) is 2.73. The Morgan fingerprint density at radius 1 is 1.17 bits per heavy atom. The number of ether oxygens (including phenoxy) is 1. The number of aromatic nitrogens is 2. The molecule has 0 atom stereocenters. The van der Waals surface area contributed by atoms with E-state index in [0.29, 0.717) is 22.2 Å². The highest BCUT2D eigenvalue weighted by Crippen LogP contribution is 2.38. The lowest BCUT2D eigenvalue weighted by Crippen LogP contribution is -2.02. The third-order valence-corrected chi connectivity index (χ3v) is 4.97. The Kier molecular flexibility index (Phi) is 3.54.